The van der Waals surface area contributed by atoms with Gasteiger partial charge < -0.3 is 0 Å². The second kappa shape index (κ2) is 8.39. The third-order valence-electron chi connectivity index (χ3n) is 7.73. The monoisotopic (exact) mass is 318 g/mol. The number of rotatable bonds is 2. The van der Waals surface area contributed by atoms with E-state index in [2.05, 4.69) is 20.8 Å². The summed E-state index contributed by atoms with van der Waals surface area (Å²) in [6.45, 7) is 7.59. The van der Waals surface area contributed by atoms with Crippen molar-refractivity contribution >= 4 is 0 Å². The molecule has 6 atom stereocenters. The average molecular weight is 319 g/mol. The maximum Gasteiger partial charge on any atom is -0.0383 e. The summed E-state index contributed by atoms with van der Waals surface area (Å²) in [5.74, 6) is 7.30. The van der Waals surface area contributed by atoms with E-state index >= 15 is 0 Å². The molecule has 0 nitrogen and oxygen atoms in total. The van der Waals surface area contributed by atoms with Gasteiger partial charge in [-0.3, -0.25) is 0 Å². The Hall–Kier alpha value is 0. The van der Waals surface area contributed by atoms with E-state index in [-0.39, 0.29) is 0 Å². The molecule has 3 fully saturated rings. The summed E-state index contributed by atoms with van der Waals surface area (Å²) in [5, 5.41) is 0. The van der Waals surface area contributed by atoms with Crippen molar-refractivity contribution in [2.24, 2.45) is 41.4 Å². The highest BCUT2D eigenvalue weighted by molar-refractivity contribution is 4.85. The summed E-state index contributed by atoms with van der Waals surface area (Å²) < 4.78 is 0. The van der Waals surface area contributed by atoms with Crippen LogP contribution in [0.1, 0.15) is 104 Å². The average Bonchev–Trinajstić information content (AvgIpc) is 3.34. The zero-order valence-corrected chi connectivity index (χ0v) is 16.2. The Kier molecular flexibility index (Phi) is 6.50. The smallest absolute Gasteiger partial charge is 0.0383 e. The highest BCUT2D eigenvalue weighted by Gasteiger charge is 2.33. The number of hydrogen-bond donors (Lipinski definition) is 0. The lowest BCUT2D eigenvalue weighted by molar-refractivity contribution is 0.184. The second-order valence-corrected chi connectivity index (χ2v) is 10.1. The van der Waals surface area contributed by atoms with Crippen LogP contribution in [0, 0.1) is 41.4 Å². The van der Waals surface area contributed by atoms with Gasteiger partial charge in [-0.1, -0.05) is 65.7 Å². The van der Waals surface area contributed by atoms with Gasteiger partial charge >= 0.3 is 0 Å². The molecular weight excluding hydrogens is 276 g/mol. The molecule has 0 aromatic heterocycles. The highest BCUT2D eigenvalue weighted by Crippen LogP contribution is 2.45. The van der Waals surface area contributed by atoms with Crippen LogP contribution < -0.4 is 0 Å². The van der Waals surface area contributed by atoms with E-state index in [9.17, 15) is 0 Å². The minimum absolute atomic E-state index is 0.979. The van der Waals surface area contributed by atoms with Gasteiger partial charge in [-0.2, -0.15) is 0 Å². The normalized spacial score (nSPS) is 44.5. The first-order valence-electron chi connectivity index (χ1n) is 11.1. The molecule has 23 heavy (non-hydrogen) atoms. The van der Waals surface area contributed by atoms with E-state index in [4.69, 9.17) is 0 Å². The molecule has 0 bridgehead atoms. The lowest BCUT2D eigenvalue weighted by Gasteiger charge is -2.33. The zero-order valence-electron chi connectivity index (χ0n) is 16.2. The quantitative estimate of drug-likeness (QED) is 0.495. The molecule has 0 saturated heterocycles. The standard InChI is InChI=1S/C23H42/c1-17-7-8-18(2)16-23(12-9-17)20-5-4-6-22(21-13-14-21)15-19(3)10-11-20/h17-23H,4-16H2,1-3H3. The summed E-state index contributed by atoms with van der Waals surface area (Å²) in [6, 6.07) is 0. The van der Waals surface area contributed by atoms with Crippen LogP contribution in [0.15, 0.2) is 0 Å². The van der Waals surface area contributed by atoms with Gasteiger partial charge in [0, 0.05) is 0 Å². The van der Waals surface area contributed by atoms with Crippen LogP contribution in [0.4, 0.5) is 0 Å². The van der Waals surface area contributed by atoms with Crippen LogP contribution >= 0.6 is 0 Å². The first-order valence-corrected chi connectivity index (χ1v) is 11.1. The molecule has 0 aromatic carbocycles. The van der Waals surface area contributed by atoms with Crippen molar-refractivity contribution < 1.29 is 0 Å². The van der Waals surface area contributed by atoms with Crippen molar-refractivity contribution in [3.05, 3.63) is 0 Å². The minimum atomic E-state index is 0.979. The van der Waals surface area contributed by atoms with Crippen molar-refractivity contribution in [2.75, 3.05) is 0 Å². The molecule has 3 rings (SSSR count). The summed E-state index contributed by atoms with van der Waals surface area (Å²) in [4.78, 5) is 0. The topological polar surface area (TPSA) is 0 Å². The van der Waals surface area contributed by atoms with Gasteiger partial charge in [0.1, 0.15) is 0 Å². The maximum absolute atomic E-state index is 2.56. The minimum Gasteiger partial charge on any atom is -0.0625 e. The molecule has 0 radical (unpaired) electrons. The molecule has 0 spiro atoms. The van der Waals surface area contributed by atoms with Crippen molar-refractivity contribution in [2.45, 2.75) is 104 Å². The van der Waals surface area contributed by atoms with Crippen molar-refractivity contribution in [1.29, 1.82) is 0 Å². The largest absolute Gasteiger partial charge is 0.0625 e. The molecule has 3 aliphatic rings. The van der Waals surface area contributed by atoms with Crippen LogP contribution in [0.5, 0.6) is 0 Å². The van der Waals surface area contributed by atoms with E-state index < -0.39 is 0 Å². The van der Waals surface area contributed by atoms with E-state index in [1.165, 1.54) is 38.5 Å². The van der Waals surface area contributed by atoms with Gasteiger partial charge in [0.2, 0.25) is 0 Å². The third-order valence-corrected chi connectivity index (χ3v) is 7.73. The van der Waals surface area contributed by atoms with E-state index in [0.717, 1.165) is 41.4 Å². The summed E-state index contributed by atoms with van der Waals surface area (Å²) in [5.41, 5.74) is 0. The Morgan fingerprint density at radius 3 is 1.48 bits per heavy atom. The van der Waals surface area contributed by atoms with E-state index in [1.807, 2.05) is 0 Å². The molecule has 0 heterocycles. The lowest BCUT2D eigenvalue weighted by atomic mass is 9.73. The Morgan fingerprint density at radius 2 is 0.783 bits per heavy atom. The molecular formula is C23H42. The van der Waals surface area contributed by atoms with Crippen molar-refractivity contribution in [3.63, 3.8) is 0 Å². The van der Waals surface area contributed by atoms with E-state index in [1.54, 1.807) is 44.9 Å². The molecule has 0 heteroatoms. The first kappa shape index (κ1) is 17.8. The molecule has 3 aliphatic carbocycles. The Bertz CT molecular complexity index is 342. The Morgan fingerprint density at radius 1 is 0.391 bits per heavy atom. The van der Waals surface area contributed by atoms with Gasteiger partial charge in [0.15, 0.2) is 0 Å². The van der Waals surface area contributed by atoms with E-state index in [0.29, 0.717) is 0 Å². The fraction of sp³-hybridized carbons (Fsp3) is 1.00. The van der Waals surface area contributed by atoms with Gasteiger partial charge in [0.25, 0.3) is 0 Å². The molecule has 6 unspecified atom stereocenters. The predicted molar refractivity (Wildman–Crippen MR) is 101 cm³/mol. The van der Waals surface area contributed by atoms with Crippen LogP contribution in [-0.4, -0.2) is 0 Å². The molecule has 0 N–H and O–H groups in total. The maximum atomic E-state index is 2.56. The molecule has 134 valence electrons. The highest BCUT2D eigenvalue weighted by atomic mass is 14.4. The van der Waals surface area contributed by atoms with Crippen molar-refractivity contribution in [1.82, 2.24) is 0 Å². The molecule has 0 aliphatic heterocycles. The van der Waals surface area contributed by atoms with Crippen LogP contribution in [0.25, 0.3) is 0 Å². The predicted octanol–water partition coefficient (Wildman–Crippen LogP) is 7.47. The molecule has 0 aromatic rings. The van der Waals surface area contributed by atoms with Gasteiger partial charge in [-0.25, -0.2) is 0 Å². The second-order valence-electron chi connectivity index (χ2n) is 10.1. The fourth-order valence-electron chi connectivity index (χ4n) is 5.90. The van der Waals surface area contributed by atoms with Gasteiger partial charge in [-0.05, 0) is 80.0 Å². The Balaban J connectivity index is 1.58. The van der Waals surface area contributed by atoms with Gasteiger partial charge in [0.05, 0.1) is 0 Å². The summed E-state index contributed by atoms with van der Waals surface area (Å²) in [7, 11) is 0. The van der Waals surface area contributed by atoms with Crippen LogP contribution in [-0.2, 0) is 0 Å². The van der Waals surface area contributed by atoms with Crippen LogP contribution in [0.3, 0.4) is 0 Å². The fourth-order valence-corrected chi connectivity index (χ4v) is 5.90. The lowest BCUT2D eigenvalue weighted by Crippen LogP contribution is -2.21. The number of hydrogen-bond acceptors (Lipinski definition) is 0. The van der Waals surface area contributed by atoms with Crippen molar-refractivity contribution in [3.8, 4) is 0 Å². The zero-order chi connectivity index (χ0) is 16.2. The third kappa shape index (κ3) is 5.50. The first-order chi connectivity index (χ1) is 11.1. The summed E-state index contributed by atoms with van der Waals surface area (Å²) >= 11 is 0. The van der Waals surface area contributed by atoms with Gasteiger partial charge in [-0.15, -0.1) is 0 Å². The van der Waals surface area contributed by atoms with Crippen LogP contribution in [0.2, 0.25) is 0 Å². The summed E-state index contributed by atoms with van der Waals surface area (Å²) in [6.07, 6.45) is 19.9. The molecule has 0 amide bonds. The Labute approximate surface area is 146 Å². The molecule has 3 saturated carbocycles. The SMILES string of the molecule is CC1CCC(C)CC(C2CCCC(C3CC3)CC(C)CC2)CC1.